The highest BCUT2D eigenvalue weighted by Gasteiger charge is 2.51. The summed E-state index contributed by atoms with van der Waals surface area (Å²) in [4.78, 5) is 0. The molecule has 1 aliphatic carbocycles. The van der Waals surface area contributed by atoms with E-state index in [9.17, 15) is 8.42 Å². The summed E-state index contributed by atoms with van der Waals surface area (Å²) in [6.07, 6.45) is 4.14. The Morgan fingerprint density at radius 2 is 1.96 bits per heavy atom. The predicted octanol–water partition coefficient (Wildman–Crippen LogP) is 3.73. The molecule has 0 N–H and O–H groups in total. The predicted molar refractivity (Wildman–Crippen MR) is 94.9 cm³/mol. The SMILES string of the molecule is COC1CCC([C@H]2COC(C)(C)N2S(=O)(=O)c2ccc(Cl)s2)CC1. The first-order valence-corrected chi connectivity index (χ1v) is 10.9. The first kappa shape index (κ1) is 18.6. The Balaban J connectivity index is 1.88. The minimum Gasteiger partial charge on any atom is -0.381 e. The smallest absolute Gasteiger partial charge is 0.255 e. The molecular weight excluding hydrogens is 370 g/mol. The van der Waals surface area contributed by atoms with Crippen molar-refractivity contribution < 1.29 is 17.9 Å². The van der Waals surface area contributed by atoms with Crippen molar-refractivity contribution >= 4 is 33.0 Å². The average molecular weight is 394 g/mol. The molecule has 2 aliphatic rings. The van der Waals surface area contributed by atoms with Crippen LogP contribution < -0.4 is 0 Å². The summed E-state index contributed by atoms with van der Waals surface area (Å²) in [5.41, 5.74) is -0.849. The lowest BCUT2D eigenvalue weighted by Gasteiger charge is -2.37. The number of thiophene rings is 1. The summed E-state index contributed by atoms with van der Waals surface area (Å²) < 4.78 is 40.1. The number of rotatable bonds is 4. The molecule has 2 heterocycles. The molecule has 0 bridgehead atoms. The van der Waals surface area contributed by atoms with E-state index in [4.69, 9.17) is 21.1 Å². The minimum atomic E-state index is -3.63. The summed E-state index contributed by atoms with van der Waals surface area (Å²) in [6, 6.07) is 3.07. The average Bonchev–Trinajstić information content (AvgIpc) is 3.11. The molecule has 0 amide bonds. The van der Waals surface area contributed by atoms with Crippen molar-refractivity contribution in [1.29, 1.82) is 0 Å². The molecule has 24 heavy (non-hydrogen) atoms. The van der Waals surface area contributed by atoms with E-state index >= 15 is 0 Å². The van der Waals surface area contributed by atoms with Crippen LogP contribution in [-0.4, -0.2) is 44.3 Å². The minimum absolute atomic E-state index is 0.135. The summed E-state index contributed by atoms with van der Waals surface area (Å²) in [6.45, 7) is 4.08. The Morgan fingerprint density at radius 1 is 1.29 bits per heavy atom. The number of ether oxygens (including phenoxy) is 2. The highest BCUT2D eigenvalue weighted by atomic mass is 35.5. The van der Waals surface area contributed by atoms with Crippen LogP contribution >= 0.6 is 22.9 Å². The monoisotopic (exact) mass is 393 g/mol. The van der Waals surface area contributed by atoms with E-state index in [1.807, 2.05) is 13.8 Å². The van der Waals surface area contributed by atoms with Gasteiger partial charge >= 0.3 is 0 Å². The molecule has 136 valence electrons. The van der Waals surface area contributed by atoms with Crippen LogP contribution in [0.4, 0.5) is 0 Å². The van der Waals surface area contributed by atoms with E-state index in [1.54, 1.807) is 23.5 Å². The lowest BCUT2D eigenvalue weighted by Crippen LogP contribution is -2.50. The van der Waals surface area contributed by atoms with Crippen LogP contribution in [0.25, 0.3) is 0 Å². The number of halogens is 1. The van der Waals surface area contributed by atoms with Gasteiger partial charge in [0, 0.05) is 7.11 Å². The molecular formula is C16H24ClNO4S2. The third-order valence-corrected chi connectivity index (χ3v) is 8.88. The summed E-state index contributed by atoms with van der Waals surface area (Å²) >= 11 is 7.05. The number of methoxy groups -OCH3 is 1. The van der Waals surface area contributed by atoms with Crippen molar-refractivity contribution in [3.05, 3.63) is 16.5 Å². The fraction of sp³-hybridized carbons (Fsp3) is 0.750. The normalized spacial score (nSPS) is 31.4. The molecule has 3 rings (SSSR count). The van der Waals surface area contributed by atoms with Gasteiger partial charge in [-0.25, -0.2) is 8.42 Å². The maximum Gasteiger partial charge on any atom is 0.255 e. The first-order chi connectivity index (χ1) is 11.3. The molecule has 0 unspecified atom stereocenters. The molecule has 1 saturated carbocycles. The van der Waals surface area contributed by atoms with Gasteiger partial charge in [0.15, 0.2) is 0 Å². The van der Waals surface area contributed by atoms with Gasteiger partial charge in [0.05, 0.1) is 23.1 Å². The molecule has 5 nitrogen and oxygen atoms in total. The van der Waals surface area contributed by atoms with Crippen LogP contribution in [-0.2, 0) is 19.5 Å². The zero-order valence-electron chi connectivity index (χ0n) is 14.2. The van der Waals surface area contributed by atoms with E-state index in [-0.39, 0.29) is 16.4 Å². The number of sulfonamides is 1. The van der Waals surface area contributed by atoms with Crippen LogP contribution in [0.3, 0.4) is 0 Å². The van der Waals surface area contributed by atoms with Gasteiger partial charge in [-0.3, -0.25) is 0 Å². The van der Waals surface area contributed by atoms with Crippen LogP contribution in [0, 0.1) is 5.92 Å². The number of hydrogen-bond donors (Lipinski definition) is 0. The molecule has 8 heteroatoms. The number of nitrogens with zero attached hydrogens (tertiary/aromatic N) is 1. The van der Waals surface area contributed by atoms with E-state index in [0.29, 0.717) is 16.9 Å². The molecule has 1 atom stereocenters. The Hall–Kier alpha value is -0.180. The second kappa shape index (κ2) is 6.85. The Bertz CT molecular complexity index is 680. The van der Waals surface area contributed by atoms with Gasteiger partial charge in [0.2, 0.25) is 0 Å². The van der Waals surface area contributed by atoms with Crippen LogP contribution in [0.2, 0.25) is 4.34 Å². The lowest BCUT2D eigenvalue weighted by atomic mass is 9.83. The molecule has 1 aromatic rings. The van der Waals surface area contributed by atoms with Gasteiger partial charge in [0.1, 0.15) is 9.93 Å². The van der Waals surface area contributed by atoms with E-state index in [1.165, 1.54) is 0 Å². The van der Waals surface area contributed by atoms with Crippen molar-refractivity contribution in [2.24, 2.45) is 5.92 Å². The second-order valence-electron chi connectivity index (χ2n) is 6.96. The molecule has 1 saturated heterocycles. The van der Waals surface area contributed by atoms with Gasteiger partial charge in [-0.2, -0.15) is 4.31 Å². The quantitative estimate of drug-likeness (QED) is 0.782. The van der Waals surface area contributed by atoms with E-state index in [0.717, 1.165) is 37.0 Å². The lowest BCUT2D eigenvalue weighted by molar-refractivity contribution is -0.0169. The standard InChI is InChI=1S/C16H24ClNO4S2/c1-16(2)18(24(19,20)15-9-8-14(17)23-15)13(10-22-16)11-4-6-12(21-3)7-5-11/h8-9,11-13H,4-7,10H2,1-3H3/t11?,12?,13-/m1/s1. The zero-order chi connectivity index (χ0) is 17.5. The van der Waals surface area contributed by atoms with Crippen molar-refractivity contribution in [2.45, 2.75) is 61.6 Å². The highest BCUT2D eigenvalue weighted by molar-refractivity contribution is 7.91. The number of hydrogen-bond acceptors (Lipinski definition) is 5. The van der Waals surface area contributed by atoms with Gasteiger partial charge in [-0.1, -0.05) is 11.6 Å². The van der Waals surface area contributed by atoms with Crippen molar-refractivity contribution in [3.63, 3.8) is 0 Å². The third kappa shape index (κ3) is 3.39. The molecule has 2 fully saturated rings. The maximum atomic E-state index is 13.2. The summed E-state index contributed by atoms with van der Waals surface area (Å²) in [7, 11) is -1.89. The third-order valence-electron chi connectivity index (χ3n) is 5.10. The first-order valence-electron chi connectivity index (χ1n) is 8.22. The van der Waals surface area contributed by atoms with E-state index in [2.05, 4.69) is 0 Å². The molecule has 0 aromatic carbocycles. The molecule has 0 spiro atoms. The van der Waals surface area contributed by atoms with Crippen LogP contribution in [0.5, 0.6) is 0 Å². The summed E-state index contributed by atoms with van der Waals surface area (Å²) in [5, 5.41) is 0. The van der Waals surface area contributed by atoms with Gasteiger partial charge in [0.25, 0.3) is 10.0 Å². The molecule has 1 aromatic heterocycles. The Labute approximate surface area is 152 Å². The fourth-order valence-corrected chi connectivity index (χ4v) is 7.36. The van der Waals surface area contributed by atoms with Gasteiger partial charge < -0.3 is 9.47 Å². The summed E-state index contributed by atoms with van der Waals surface area (Å²) in [5.74, 6) is 0.295. The second-order valence-corrected chi connectivity index (χ2v) is 10.7. The molecule has 1 aliphatic heterocycles. The van der Waals surface area contributed by atoms with Crippen molar-refractivity contribution in [2.75, 3.05) is 13.7 Å². The van der Waals surface area contributed by atoms with Gasteiger partial charge in [-0.05, 0) is 57.6 Å². The maximum absolute atomic E-state index is 13.2. The van der Waals surface area contributed by atoms with Gasteiger partial charge in [-0.15, -0.1) is 11.3 Å². The Kier molecular flexibility index (Phi) is 5.31. The van der Waals surface area contributed by atoms with Crippen molar-refractivity contribution in [1.82, 2.24) is 4.31 Å². The Morgan fingerprint density at radius 3 is 2.50 bits per heavy atom. The zero-order valence-corrected chi connectivity index (χ0v) is 16.6. The largest absolute Gasteiger partial charge is 0.381 e. The van der Waals surface area contributed by atoms with Crippen molar-refractivity contribution in [3.8, 4) is 0 Å². The highest BCUT2D eigenvalue weighted by Crippen LogP contribution is 2.42. The van der Waals surface area contributed by atoms with Crippen LogP contribution in [0.15, 0.2) is 16.3 Å². The topological polar surface area (TPSA) is 55.8 Å². The fourth-order valence-electron chi connectivity index (χ4n) is 3.86. The van der Waals surface area contributed by atoms with Crippen LogP contribution in [0.1, 0.15) is 39.5 Å². The molecule has 0 radical (unpaired) electrons. The van der Waals surface area contributed by atoms with E-state index < -0.39 is 15.7 Å².